The molecule has 100 valence electrons. The summed E-state index contributed by atoms with van der Waals surface area (Å²) in [6.07, 6.45) is 1.39. The lowest BCUT2D eigenvalue weighted by Gasteiger charge is -2.18. The molecule has 0 aliphatic heterocycles. The average Bonchev–Trinajstić information content (AvgIpc) is 2.28. The van der Waals surface area contributed by atoms with Gasteiger partial charge in [0.05, 0.1) is 0 Å². The minimum absolute atomic E-state index is 0.0294. The summed E-state index contributed by atoms with van der Waals surface area (Å²) < 4.78 is 0. The second-order valence-corrected chi connectivity index (χ2v) is 5.07. The van der Waals surface area contributed by atoms with Crippen molar-refractivity contribution in [3.05, 3.63) is 36.0 Å². The molecule has 0 aromatic heterocycles. The monoisotopic (exact) mass is 259 g/mol. The number of nitrogens with zero attached hydrogens (tertiary/aromatic N) is 1. The average molecular weight is 259 g/mol. The molecule has 3 N–H and O–H groups in total. The summed E-state index contributed by atoms with van der Waals surface area (Å²) in [4.78, 5) is 11.8. The molecular formula is C14H17N3O2. The molecule has 0 saturated carbocycles. The Morgan fingerprint density at radius 1 is 1.42 bits per heavy atom. The number of nitrogens with one attached hydrogen (secondary N) is 2. The number of hydrogen-bond acceptors (Lipinski definition) is 4. The molecule has 0 unspecified atom stereocenters. The van der Waals surface area contributed by atoms with Gasteiger partial charge in [0.1, 0.15) is 17.4 Å². The smallest absolute Gasteiger partial charge is 0.267 e. The third-order valence-corrected chi connectivity index (χ3v) is 2.12. The van der Waals surface area contributed by atoms with Crippen molar-refractivity contribution in [1.82, 2.24) is 5.32 Å². The first-order chi connectivity index (χ1) is 8.81. The number of phenolic OH excluding ortho intramolecular Hbond substituents is 1. The van der Waals surface area contributed by atoms with Gasteiger partial charge in [0, 0.05) is 23.5 Å². The van der Waals surface area contributed by atoms with Gasteiger partial charge in [0.25, 0.3) is 5.91 Å². The molecule has 0 saturated heterocycles. The fourth-order valence-electron chi connectivity index (χ4n) is 1.22. The lowest BCUT2D eigenvalue weighted by molar-refractivity contribution is -0.112. The highest BCUT2D eigenvalue weighted by molar-refractivity contribution is 6.06. The van der Waals surface area contributed by atoms with Crippen molar-refractivity contribution >= 4 is 11.6 Å². The fraction of sp³-hybridized carbons (Fsp3) is 0.286. The number of aromatic hydroxyl groups is 1. The van der Waals surface area contributed by atoms with Gasteiger partial charge >= 0.3 is 0 Å². The molecule has 1 rings (SSSR count). The van der Waals surface area contributed by atoms with E-state index in [1.807, 2.05) is 26.8 Å². The second-order valence-electron chi connectivity index (χ2n) is 5.07. The van der Waals surface area contributed by atoms with Gasteiger partial charge in [0.15, 0.2) is 0 Å². The van der Waals surface area contributed by atoms with E-state index >= 15 is 0 Å². The van der Waals surface area contributed by atoms with E-state index in [2.05, 4.69) is 10.6 Å². The second kappa shape index (κ2) is 5.91. The number of carbonyl (C=O) groups is 1. The molecule has 0 fully saturated rings. The van der Waals surface area contributed by atoms with Crippen LogP contribution in [0, 0.1) is 11.3 Å². The maximum Gasteiger partial charge on any atom is 0.267 e. The van der Waals surface area contributed by atoms with Crippen molar-refractivity contribution in [3.63, 3.8) is 0 Å². The minimum atomic E-state index is -0.523. The topological polar surface area (TPSA) is 85.2 Å². The van der Waals surface area contributed by atoms with Crippen LogP contribution in [-0.4, -0.2) is 16.6 Å². The summed E-state index contributed by atoms with van der Waals surface area (Å²) in [6, 6.07) is 7.97. The number of phenols is 1. The number of carbonyl (C=O) groups excluding carboxylic acids is 1. The van der Waals surface area contributed by atoms with Crippen molar-refractivity contribution in [2.24, 2.45) is 0 Å². The quantitative estimate of drug-likeness (QED) is 0.573. The van der Waals surface area contributed by atoms with Crippen LogP contribution in [0.3, 0.4) is 0 Å². The summed E-state index contributed by atoms with van der Waals surface area (Å²) in [7, 11) is 0. The summed E-state index contributed by atoms with van der Waals surface area (Å²) in [5, 5.41) is 23.7. The van der Waals surface area contributed by atoms with E-state index in [1.165, 1.54) is 18.3 Å². The first kappa shape index (κ1) is 14.6. The minimum Gasteiger partial charge on any atom is -0.508 e. The van der Waals surface area contributed by atoms with Crippen LogP contribution in [0.4, 0.5) is 5.69 Å². The number of rotatable bonds is 3. The van der Waals surface area contributed by atoms with Crippen molar-refractivity contribution in [3.8, 4) is 11.8 Å². The fourth-order valence-corrected chi connectivity index (χ4v) is 1.22. The van der Waals surface area contributed by atoms with Gasteiger partial charge in [-0.05, 0) is 32.9 Å². The van der Waals surface area contributed by atoms with Gasteiger partial charge < -0.3 is 15.7 Å². The molecule has 0 bridgehead atoms. The number of benzene rings is 1. The SMILES string of the molecule is CC(C)(C)N/C=C(/C#N)C(=O)Nc1cccc(O)c1. The predicted octanol–water partition coefficient (Wildman–Crippen LogP) is 2.13. The number of hydrogen-bond donors (Lipinski definition) is 3. The molecular weight excluding hydrogens is 242 g/mol. The molecule has 0 heterocycles. The van der Waals surface area contributed by atoms with E-state index in [0.29, 0.717) is 5.69 Å². The molecule has 0 aliphatic rings. The lowest BCUT2D eigenvalue weighted by atomic mass is 10.1. The van der Waals surface area contributed by atoms with Crippen LogP contribution in [0.5, 0.6) is 5.75 Å². The first-order valence-corrected chi connectivity index (χ1v) is 5.80. The van der Waals surface area contributed by atoms with Crippen molar-refractivity contribution in [2.45, 2.75) is 26.3 Å². The number of amides is 1. The van der Waals surface area contributed by atoms with Gasteiger partial charge in [-0.1, -0.05) is 6.07 Å². The zero-order valence-corrected chi connectivity index (χ0v) is 11.2. The molecule has 19 heavy (non-hydrogen) atoms. The Hall–Kier alpha value is -2.48. The molecule has 1 amide bonds. The highest BCUT2D eigenvalue weighted by Crippen LogP contribution is 2.16. The summed E-state index contributed by atoms with van der Waals surface area (Å²) >= 11 is 0. The maximum absolute atomic E-state index is 11.8. The first-order valence-electron chi connectivity index (χ1n) is 5.80. The molecule has 1 aromatic carbocycles. The van der Waals surface area contributed by atoms with E-state index in [-0.39, 0.29) is 16.9 Å². The Kier molecular flexibility index (Phi) is 4.54. The predicted molar refractivity (Wildman–Crippen MR) is 73.3 cm³/mol. The molecule has 5 nitrogen and oxygen atoms in total. The summed E-state index contributed by atoms with van der Waals surface area (Å²) in [5.74, 6) is -0.474. The normalized spacial score (nSPS) is 11.6. The standard InChI is InChI=1S/C14H17N3O2/c1-14(2,3)16-9-10(8-15)13(19)17-11-5-4-6-12(18)7-11/h4-7,9,16,18H,1-3H3,(H,17,19)/b10-9-. The van der Waals surface area contributed by atoms with Crippen LogP contribution >= 0.6 is 0 Å². The molecule has 0 radical (unpaired) electrons. The van der Waals surface area contributed by atoms with Crippen LogP contribution < -0.4 is 10.6 Å². The van der Waals surface area contributed by atoms with Crippen molar-refractivity contribution in [2.75, 3.05) is 5.32 Å². The highest BCUT2D eigenvalue weighted by Gasteiger charge is 2.12. The van der Waals surface area contributed by atoms with E-state index in [9.17, 15) is 9.90 Å². The lowest BCUT2D eigenvalue weighted by Crippen LogP contribution is -2.32. The Bertz CT molecular complexity index is 536. The Balaban J connectivity index is 2.78. The van der Waals surface area contributed by atoms with Crippen molar-refractivity contribution in [1.29, 1.82) is 5.26 Å². The van der Waals surface area contributed by atoms with Crippen molar-refractivity contribution < 1.29 is 9.90 Å². The zero-order valence-electron chi connectivity index (χ0n) is 11.2. The van der Waals surface area contributed by atoms with Gasteiger partial charge in [-0.15, -0.1) is 0 Å². The largest absolute Gasteiger partial charge is 0.508 e. The molecule has 0 aliphatic carbocycles. The Morgan fingerprint density at radius 3 is 2.63 bits per heavy atom. The Labute approximate surface area is 112 Å². The molecule has 5 heteroatoms. The maximum atomic E-state index is 11.8. The zero-order chi connectivity index (χ0) is 14.5. The number of nitriles is 1. The van der Waals surface area contributed by atoms with E-state index in [4.69, 9.17) is 5.26 Å². The molecule has 0 spiro atoms. The summed E-state index contributed by atoms with van der Waals surface area (Å²) in [5.41, 5.74) is 0.174. The van der Waals surface area contributed by atoms with Crippen LogP contribution in [0.1, 0.15) is 20.8 Å². The van der Waals surface area contributed by atoms with Gasteiger partial charge in [-0.2, -0.15) is 5.26 Å². The van der Waals surface area contributed by atoms with Crippen LogP contribution in [0.25, 0.3) is 0 Å². The van der Waals surface area contributed by atoms with Gasteiger partial charge in [-0.3, -0.25) is 4.79 Å². The van der Waals surface area contributed by atoms with Crippen LogP contribution in [0.15, 0.2) is 36.0 Å². The third kappa shape index (κ3) is 5.13. The number of anilines is 1. The van der Waals surface area contributed by atoms with E-state index < -0.39 is 5.91 Å². The summed E-state index contributed by atoms with van der Waals surface area (Å²) in [6.45, 7) is 5.77. The van der Waals surface area contributed by atoms with Crippen LogP contribution in [-0.2, 0) is 4.79 Å². The van der Waals surface area contributed by atoms with E-state index in [1.54, 1.807) is 12.1 Å². The molecule has 0 atom stereocenters. The third-order valence-electron chi connectivity index (χ3n) is 2.12. The van der Waals surface area contributed by atoms with Gasteiger partial charge in [0.2, 0.25) is 0 Å². The van der Waals surface area contributed by atoms with Crippen LogP contribution in [0.2, 0.25) is 0 Å². The highest BCUT2D eigenvalue weighted by atomic mass is 16.3. The molecule has 1 aromatic rings. The Morgan fingerprint density at radius 2 is 2.11 bits per heavy atom. The van der Waals surface area contributed by atoms with Gasteiger partial charge in [-0.25, -0.2) is 0 Å². The van der Waals surface area contributed by atoms with E-state index in [0.717, 1.165) is 0 Å².